The first-order valence-electron chi connectivity index (χ1n) is 3.41. The van der Waals surface area contributed by atoms with Crippen LogP contribution in [0.1, 0.15) is 11.1 Å². The van der Waals surface area contributed by atoms with Crippen molar-refractivity contribution in [3.8, 4) is 0 Å². The maximum absolute atomic E-state index is 8.84. The van der Waals surface area contributed by atoms with Gasteiger partial charge in [0.2, 0.25) is 0 Å². The minimum Gasteiger partial charge on any atom is -0.392 e. The summed E-state index contributed by atoms with van der Waals surface area (Å²) in [6.07, 6.45) is 0. The molecule has 0 saturated heterocycles. The first-order chi connectivity index (χ1) is 4.75. The molecule has 1 aromatic carbocycles. The van der Waals surface area contributed by atoms with Gasteiger partial charge in [-0.15, -0.1) is 0 Å². The lowest BCUT2D eigenvalue weighted by Crippen LogP contribution is -2.09. The Balaban J connectivity index is 3.14. The lowest BCUT2D eigenvalue weighted by Gasteiger charge is -2.03. The van der Waals surface area contributed by atoms with Gasteiger partial charge in [0.15, 0.2) is 0 Å². The highest BCUT2D eigenvalue weighted by molar-refractivity contribution is 6.33. The number of aliphatic hydroxyl groups is 1. The Morgan fingerprint density at radius 2 is 2.20 bits per heavy atom. The number of aliphatic hydroxyl groups excluding tert-OH is 1. The average molecular weight is 134 g/mol. The average Bonchev–Trinajstić information content (AvgIpc) is 1.95. The minimum absolute atomic E-state index is 0.146. The van der Waals surface area contributed by atoms with Crippen LogP contribution in [0.25, 0.3) is 0 Å². The Bertz CT molecular complexity index is 233. The van der Waals surface area contributed by atoms with Crippen LogP contribution in [-0.2, 0) is 6.61 Å². The fourth-order valence-electron chi connectivity index (χ4n) is 0.983. The zero-order chi connectivity index (χ0) is 7.56. The Morgan fingerprint density at radius 1 is 1.50 bits per heavy atom. The Morgan fingerprint density at radius 3 is 2.70 bits per heavy atom. The number of hydrogen-bond donors (Lipinski definition) is 1. The monoisotopic (exact) mass is 134 g/mol. The molecule has 1 aromatic rings. The third-order valence-electron chi connectivity index (χ3n) is 1.89. The molecule has 0 saturated carbocycles. The van der Waals surface area contributed by atoms with Gasteiger partial charge in [-0.2, -0.15) is 0 Å². The van der Waals surface area contributed by atoms with Crippen molar-refractivity contribution in [2.75, 3.05) is 0 Å². The summed E-state index contributed by atoms with van der Waals surface area (Å²) >= 11 is 0. The van der Waals surface area contributed by atoms with Crippen molar-refractivity contribution in [2.45, 2.75) is 13.5 Å². The van der Waals surface area contributed by atoms with Gasteiger partial charge in [0, 0.05) is 0 Å². The highest BCUT2D eigenvalue weighted by atomic mass is 16.3. The first-order valence-corrected chi connectivity index (χ1v) is 3.41. The standard InChI is InChI=1S/C8H11BO/c1-6-7(5-10)3-2-4-8(6)9/h2-4,10H,5,9H2,1H3. The van der Waals surface area contributed by atoms with Crippen LogP contribution in [0.5, 0.6) is 0 Å². The van der Waals surface area contributed by atoms with Gasteiger partial charge >= 0.3 is 0 Å². The Labute approximate surface area is 62.1 Å². The van der Waals surface area contributed by atoms with E-state index in [0.717, 1.165) is 5.56 Å². The van der Waals surface area contributed by atoms with Crippen LogP contribution >= 0.6 is 0 Å². The van der Waals surface area contributed by atoms with Crippen LogP contribution in [0.2, 0.25) is 0 Å². The zero-order valence-electron chi connectivity index (χ0n) is 6.39. The minimum atomic E-state index is 0.146. The molecule has 1 N–H and O–H groups in total. The highest BCUT2D eigenvalue weighted by Gasteiger charge is 1.96. The molecule has 10 heavy (non-hydrogen) atoms. The number of hydrogen-bond acceptors (Lipinski definition) is 1. The summed E-state index contributed by atoms with van der Waals surface area (Å²) in [7, 11) is 2.05. The van der Waals surface area contributed by atoms with Crippen molar-refractivity contribution in [3.05, 3.63) is 29.3 Å². The molecule has 0 aliphatic heterocycles. The van der Waals surface area contributed by atoms with Gasteiger partial charge in [-0.25, -0.2) is 0 Å². The van der Waals surface area contributed by atoms with Gasteiger partial charge in [0.25, 0.3) is 0 Å². The van der Waals surface area contributed by atoms with E-state index in [0.29, 0.717) is 0 Å². The van der Waals surface area contributed by atoms with Crippen LogP contribution in [0, 0.1) is 6.92 Å². The lowest BCUT2D eigenvalue weighted by molar-refractivity contribution is 0.281. The van der Waals surface area contributed by atoms with E-state index < -0.39 is 0 Å². The van der Waals surface area contributed by atoms with Gasteiger partial charge in [-0.1, -0.05) is 29.2 Å². The van der Waals surface area contributed by atoms with Crippen LogP contribution in [-0.4, -0.2) is 13.0 Å². The molecule has 1 rings (SSSR count). The van der Waals surface area contributed by atoms with Crippen molar-refractivity contribution >= 4 is 13.3 Å². The number of benzene rings is 1. The molecule has 0 unspecified atom stereocenters. The van der Waals surface area contributed by atoms with E-state index in [4.69, 9.17) is 5.11 Å². The summed E-state index contributed by atoms with van der Waals surface area (Å²) in [5.74, 6) is 0. The molecule has 0 fully saturated rings. The van der Waals surface area contributed by atoms with Crippen LogP contribution in [0.15, 0.2) is 18.2 Å². The zero-order valence-corrected chi connectivity index (χ0v) is 6.39. The van der Waals surface area contributed by atoms with Gasteiger partial charge in [0.05, 0.1) is 6.61 Å². The number of rotatable bonds is 1. The quantitative estimate of drug-likeness (QED) is 0.525. The SMILES string of the molecule is Bc1cccc(CO)c1C. The maximum atomic E-state index is 8.84. The molecule has 52 valence electrons. The smallest absolute Gasteiger partial charge is 0.139 e. The molecule has 1 nitrogen and oxygen atoms in total. The first kappa shape index (κ1) is 7.35. The van der Waals surface area contributed by atoms with E-state index in [1.165, 1.54) is 11.0 Å². The van der Waals surface area contributed by atoms with Gasteiger partial charge < -0.3 is 5.11 Å². The summed E-state index contributed by atoms with van der Waals surface area (Å²) in [5, 5.41) is 8.84. The second-order valence-electron chi connectivity index (χ2n) is 2.52. The van der Waals surface area contributed by atoms with E-state index in [9.17, 15) is 0 Å². The molecule has 0 heterocycles. The molecule has 0 radical (unpaired) electrons. The second-order valence-corrected chi connectivity index (χ2v) is 2.52. The molecule has 0 amide bonds. The van der Waals surface area contributed by atoms with Crippen molar-refractivity contribution in [3.63, 3.8) is 0 Å². The summed E-state index contributed by atoms with van der Waals surface area (Å²) in [5.41, 5.74) is 3.47. The van der Waals surface area contributed by atoms with E-state index in [-0.39, 0.29) is 6.61 Å². The largest absolute Gasteiger partial charge is 0.392 e. The molecular formula is C8H11BO. The molecule has 0 aliphatic rings. The second kappa shape index (κ2) is 2.89. The summed E-state index contributed by atoms with van der Waals surface area (Å²) in [6.45, 7) is 2.17. The molecule has 0 atom stereocenters. The van der Waals surface area contributed by atoms with Crippen molar-refractivity contribution in [2.24, 2.45) is 0 Å². The third-order valence-corrected chi connectivity index (χ3v) is 1.89. The predicted molar refractivity (Wildman–Crippen MR) is 45.3 cm³/mol. The van der Waals surface area contributed by atoms with Crippen molar-refractivity contribution in [1.82, 2.24) is 0 Å². The Hall–Kier alpha value is -0.755. The molecule has 0 spiro atoms. The molecule has 0 bridgehead atoms. The summed E-state index contributed by atoms with van der Waals surface area (Å²) in [6, 6.07) is 5.96. The molecule has 0 aliphatic carbocycles. The maximum Gasteiger partial charge on any atom is 0.139 e. The van der Waals surface area contributed by atoms with E-state index in [2.05, 4.69) is 13.9 Å². The van der Waals surface area contributed by atoms with Gasteiger partial charge in [0.1, 0.15) is 7.85 Å². The molecular weight excluding hydrogens is 123 g/mol. The van der Waals surface area contributed by atoms with E-state index >= 15 is 0 Å². The summed E-state index contributed by atoms with van der Waals surface area (Å²) < 4.78 is 0. The summed E-state index contributed by atoms with van der Waals surface area (Å²) in [4.78, 5) is 0. The molecule has 2 heteroatoms. The lowest BCUT2D eigenvalue weighted by atomic mass is 9.89. The van der Waals surface area contributed by atoms with Crippen LogP contribution < -0.4 is 5.46 Å². The van der Waals surface area contributed by atoms with Crippen molar-refractivity contribution in [1.29, 1.82) is 0 Å². The van der Waals surface area contributed by atoms with Crippen LogP contribution in [0.3, 0.4) is 0 Å². The normalized spacial score (nSPS) is 9.80. The predicted octanol–water partition coefficient (Wildman–Crippen LogP) is -0.254. The fourth-order valence-corrected chi connectivity index (χ4v) is 0.983. The van der Waals surface area contributed by atoms with E-state index in [1.807, 2.05) is 19.1 Å². The van der Waals surface area contributed by atoms with Crippen LogP contribution in [0.4, 0.5) is 0 Å². The third kappa shape index (κ3) is 1.22. The van der Waals surface area contributed by atoms with E-state index in [1.54, 1.807) is 0 Å². The Kier molecular flexibility index (Phi) is 2.12. The fraction of sp³-hybridized carbons (Fsp3) is 0.250. The highest BCUT2D eigenvalue weighted by Crippen LogP contribution is 2.02. The van der Waals surface area contributed by atoms with Gasteiger partial charge in [-0.05, 0) is 12.5 Å². The van der Waals surface area contributed by atoms with Gasteiger partial charge in [-0.3, -0.25) is 0 Å². The topological polar surface area (TPSA) is 20.2 Å². The van der Waals surface area contributed by atoms with Crippen molar-refractivity contribution < 1.29 is 5.11 Å². The molecule has 0 aromatic heterocycles.